The normalized spacial score (nSPS) is 12.1. The third-order valence-corrected chi connectivity index (χ3v) is 11.3. The second kappa shape index (κ2) is 16.5. The van der Waals surface area contributed by atoms with Crippen molar-refractivity contribution in [1.82, 2.24) is 10.3 Å². The molecule has 0 unspecified atom stereocenters. The van der Waals surface area contributed by atoms with E-state index in [1.54, 1.807) is 6.34 Å². The highest BCUT2D eigenvalue weighted by Crippen LogP contribution is 2.37. The van der Waals surface area contributed by atoms with Gasteiger partial charge in [-0.2, -0.15) is 0 Å². The van der Waals surface area contributed by atoms with Gasteiger partial charge in [-0.3, -0.25) is 4.98 Å². The fourth-order valence-corrected chi connectivity index (χ4v) is 8.15. The molecule has 0 saturated carbocycles. The Balaban J connectivity index is 0.994. The molecule has 0 bridgehead atoms. The first-order chi connectivity index (χ1) is 29.7. The fourth-order valence-electron chi connectivity index (χ4n) is 8.15. The molecule has 0 fully saturated rings. The summed E-state index contributed by atoms with van der Waals surface area (Å²) in [5.74, 6) is 0. The van der Waals surface area contributed by atoms with Crippen molar-refractivity contribution >= 4 is 11.9 Å². The largest absolute Gasteiger partial charge is 0.372 e. The first-order valence-electron chi connectivity index (χ1n) is 20.4. The predicted molar refractivity (Wildman–Crippen MR) is 252 cm³/mol. The maximum absolute atomic E-state index is 4.31. The molecule has 0 spiro atoms. The van der Waals surface area contributed by atoms with E-state index >= 15 is 0 Å². The molecule has 1 aliphatic rings. The van der Waals surface area contributed by atoms with Crippen molar-refractivity contribution in [1.29, 1.82) is 0 Å². The lowest BCUT2D eigenvalue weighted by molar-refractivity contribution is 1.06. The van der Waals surface area contributed by atoms with Gasteiger partial charge in [-0.05, 0) is 167 Å². The van der Waals surface area contributed by atoms with Crippen molar-refractivity contribution in [2.45, 2.75) is 0 Å². The van der Waals surface area contributed by atoms with Crippen LogP contribution in [0, 0.1) is 0 Å². The van der Waals surface area contributed by atoms with E-state index in [0.717, 1.165) is 12.1 Å². The summed E-state index contributed by atoms with van der Waals surface area (Å²) < 4.78 is 0. The Morgan fingerprint density at radius 2 is 0.583 bits per heavy atom. The maximum atomic E-state index is 4.31. The molecule has 8 aromatic carbocycles. The molecule has 0 atom stereocenters. The Kier molecular flexibility index (Phi) is 10.0. The van der Waals surface area contributed by atoms with Gasteiger partial charge in [0.05, 0.1) is 6.34 Å². The van der Waals surface area contributed by atoms with Gasteiger partial charge in [-0.15, -0.1) is 0 Å². The summed E-state index contributed by atoms with van der Waals surface area (Å²) in [5.41, 5.74) is 21.2. The highest BCUT2D eigenvalue weighted by Gasteiger charge is 2.12. The van der Waals surface area contributed by atoms with Crippen LogP contribution in [0.4, 0.5) is 0 Å². The average Bonchev–Trinajstić information content (AvgIpc) is 3.35. The minimum absolute atomic E-state index is 0.774. The summed E-state index contributed by atoms with van der Waals surface area (Å²) in [5, 5.41) is 3.23. The smallest absolute Gasteiger partial charge is 0.0881 e. The van der Waals surface area contributed by atoms with Crippen LogP contribution in [0.1, 0.15) is 5.56 Å². The lowest BCUT2D eigenvalue weighted by Crippen LogP contribution is -2.16. The summed E-state index contributed by atoms with van der Waals surface area (Å²) in [6.45, 7) is 0.774. The van der Waals surface area contributed by atoms with Crippen LogP contribution < -0.4 is 5.32 Å². The highest BCUT2D eigenvalue weighted by molar-refractivity contribution is 5.86. The summed E-state index contributed by atoms with van der Waals surface area (Å²) in [7, 11) is 0. The number of pyridine rings is 1. The van der Waals surface area contributed by atoms with Gasteiger partial charge in [0, 0.05) is 25.1 Å². The van der Waals surface area contributed by atoms with Gasteiger partial charge in [0.25, 0.3) is 0 Å². The van der Waals surface area contributed by atoms with E-state index in [4.69, 9.17) is 0 Å². The second-order valence-electron chi connectivity index (χ2n) is 15.2. The molecule has 9 aromatic rings. The van der Waals surface area contributed by atoms with E-state index in [1.165, 1.54) is 94.6 Å². The van der Waals surface area contributed by atoms with Crippen molar-refractivity contribution in [3.05, 3.63) is 230 Å². The average molecular weight is 768 g/mol. The summed E-state index contributed by atoms with van der Waals surface area (Å²) >= 11 is 0. The molecule has 3 nitrogen and oxygen atoms in total. The molecule has 284 valence electrons. The van der Waals surface area contributed by atoms with E-state index in [1.807, 2.05) is 18.6 Å². The summed E-state index contributed by atoms with van der Waals surface area (Å²) in [4.78, 5) is 8.51. The molecule has 1 aromatic heterocycles. The van der Waals surface area contributed by atoms with Crippen molar-refractivity contribution < 1.29 is 0 Å². The van der Waals surface area contributed by atoms with Crippen LogP contribution in [0.5, 0.6) is 0 Å². The van der Waals surface area contributed by atoms with E-state index < -0.39 is 0 Å². The van der Waals surface area contributed by atoms with Gasteiger partial charge in [0.15, 0.2) is 0 Å². The molecule has 2 heterocycles. The molecule has 0 radical (unpaired) electrons. The van der Waals surface area contributed by atoms with Gasteiger partial charge in [-0.1, -0.05) is 140 Å². The Morgan fingerprint density at radius 1 is 0.283 bits per heavy atom. The van der Waals surface area contributed by atoms with Crippen LogP contribution in [0.3, 0.4) is 0 Å². The van der Waals surface area contributed by atoms with Crippen LogP contribution in [0.15, 0.2) is 230 Å². The number of hydrogen-bond acceptors (Lipinski definition) is 3. The van der Waals surface area contributed by atoms with Gasteiger partial charge >= 0.3 is 0 Å². The van der Waals surface area contributed by atoms with E-state index in [2.05, 4.69) is 222 Å². The number of aliphatic imine (C=N–C) groups is 1. The molecule has 1 aliphatic heterocycles. The summed E-state index contributed by atoms with van der Waals surface area (Å²) in [6.07, 6.45) is 7.37. The van der Waals surface area contributed by atoms with Crippen molar-refractivity contribution in [3.8, 4) is 89.0 Å². The van der Waals surface area contributed by atoms with Gasteiger partial charge in [0.1, 0.15) is 0 Å². The van der Waals surface area contributed by atoms with Crippen LogP contribution in [-0.4, -0.2) is 17.9 Å². The van der Waals surface area contributed by atoms with Gasteiger partial charge in [0.2, 0.25) is 0 Å². The monoisotopic (exact) mass is 767 g/mol. The lowest BCUT2D eigenvalue weighted by atomic mass is 9.90. The predicted octanol–water partition coefficient (Wildman–Crippen LogP) is 14.4. The molecular formula is C57H41N3. The third kappa shape index (κ3) is 7.85. The number of nitrogens with one attached hydrogen (secondary N) is 1. The maximum Gasteiger partial charge on any atom is 0.0881 e. The quantitative estimate of drug-likeness (QED) is 0.159. The first kappa shape index (κ1) is 36.5. The Bertz CT molecular complexity index is 3030. The topological polar surface area (TPSA) is 37.3 Å². The van der Waals surface area contributed by atoms with E-state index in [9.17, 15) is 0 Å². The fraction of sp³-hybridized carbons (Fsp3) is 0.0175. The number of rotatable bonds is 9. The zero-order valence-electron chi connectivity index (χ0n) is 33.0. The Morgan fingerprint density at radius 3 is 0.983 bits per heavy atom. The van der Waals surface area contributed by atoms with Crippen molar-refractivity contribution in [2.24, 2.45) is 4.99 Å². The molecule has 0 aliphatic carbocycles. The van der Waals surface area contributed by atoms with Gasteiger partial charge < -0.3 is 5.32 Å². The van der Waals surface area contributed by atoms with E-state index in [0.29, 0.717) is 0 Å². The zero-order chi connectivity index (χ0) is 40.1. The molecule has 0 amide bonds. The second-order valence-corrected chi connectivity index (χ2v) is 15.2. The minimum atomic E-state index is 0.774. The van der Waals surface area contributed by atoms with Crippen molar-refractivity contribution in [3.63, 3.8) is 0 Å². The number of hydrogen-bond donors (Lipinski definition) is 1. The molecule has 0 saturated heterocycles. The van der Waals surface area contributed by atoms with Crippen LogP contribution in [0.25, 0.3) is 94.6 Å². The SMILES string of the molecule is C1=NC=C(c2cccc(-c3cccc(-c4cccc(-c5cc(-c6ccccc6)cc(-c6cccc(-c7cccc(-c8cccc(-c9ccncc9)c8)c7)c6)c5)c4)c3)c2)CN1. The lowest BCUT2D eigenvalue weighted by Gasteiger charge is -2.14. The molecular weight excluding hydrogens is 727 g/mol. The Hall–Kier alpha value is -7.88. The van der Waals surface area contributed by atoms with Crippen LogP contribution in [0.2, 0.25) is 0 Å². The standard InChI is InChI=1S/C57H41N3/c1-2-10-40(11-3-1)54-34-55(51-21-7-18-48(31-51)45-15-5-14-44(29-45)43-13-4-12-42(28-43)41-24-26-58-27-25-41)36-56(35-54)52-22-8-19-49(32-52)46-16-6-17-47(30-46)50-20-9-23-53(33-50)57-37-59-39-60-38-57/h1-37,39H,38H2,(H,59,60). The molecule has 10 rings (SSSR count). The summed E-state index contributed by atoms with van der Waals surface area (Å²) in [6, 6.07) is 74.9. The zero-order valence-corrected chi connectivity index (χ0v) is 33.0. The molecule has 3 heteroatoms. The van der Waals surface area contributed by atoms with Crippen LogP contribution >= 0.6 is 0 Å². The van der Waals surface area contributed by atoms with Crippen molar-refractivity contribution in [2.75, 3.05) is 6.54 Å². The number of aromatic nitrogens is 1. The molecule has 60 heavy (non-hydrogen) atoms. The number of nitrogens with zero attached hydrogens (tertiary/aromatic N) is 2. The van der Waals surface area contributed by atoms with Crippen LogP contribution in [-0.2, 0) is 0 Å². The highest BCUT2D eigenvalue weighted by atomic mass is 14.9. The minimum Gasteiger partial charge on any atom is -0.372 e. The first-order valence-corrected chi connectivity index (χ1v) is 20.4. The molecule has 1 N–H and O–H groups in total. The van der Waals surface area contributed by atoms with Gasteiger partial charge in [-0.25, -0.2) is 4.99 Å². The Labute approximate surface area is 351 Å². The van der Waals surface area contributed by atoms with E-state index in [-0.39, 0.29) is 0 Å². The third-order valence-electron chi connectivity index (χ3n) is 11.3. The number of benzene rings is 8.